The van der Waals surface area contributed by atoms with E-state index in [1.165, 1.54) is 12.0 Å². The summed E-state index contributed by atoms with van der Waals surface area (Å²) in [6.45, 7) is 2.18. The van der Waals surface area contributed by atoms with E-state index in [4.69, 9.17) is 9.26 Å². The highest BCUT2D eigenvalue weighted by Crippen LogP contribution is 2.35. The van der Waals surface area contributed by atoms with Gasteiger partial charge in [-0.1, -0.05) is 24.4 Å². The lowest BCUT2D eigenvalue weighted by Crippen LogP contribution is -2.24. The summed E-state index contributed by atoms with van der Waals surface area (Å²) < 4.78 is 41.0. The van der Waals surface area contributed by atoms with Crippen molar-refractivity contribution in [2.45, 2.75) is 51.7 Å². The van der Waals surface area contributed by atoms with Crippen LogP contribution < -0.4 is 14.8 Å². The molecule has 3 aromatic rings. The summed E-state index contributed by atoms with van der Waals surface area (Å²) >= 11 is 0. The Balaban J connectivity index is 1.38. The number of rotatable bonds is 7. The molecule has 9 nitrogen and oxygen atoms in total. The molecule has 166 valence electrons. The fraction of sp³-hybridized carbons (Fsp3) is 0.524. The van der Waals surface area contributed by atoms with E-state index < -0.39 is 10.0 Å². The third-order valence-corrected chi connectivity index (χ3v) is 7.54. The van der Waals surface area contributed by atoms with Gasteiger partial charge in [0, 0.05) is 24.8 Å². The lowest BCUT2D eigenvalue weighted by molar-refractivity contribution is 0.385. The van der Waals surface area contributed by atoms with E-state index in [1.54, 1.807) is 7.11 Å². The van der Waals surface area contributed by atoms with Crippen LogP contribution >= 0.6 is 0 Å². The molecular weight excluding hydrogens is 418 g/mol. The highest BCUT2D eigenvalue weighted by molar-refractivity contribution is 7.92. The molecule has 0 bridgehead atoms. The number of methoxy groups -OCH3 is 1. The van der Waals surface area contributed by atoms with Gasteiger partial charge in [0.1, 0.15) is 11.1 Å². The number of anilines is 1. The molecule has 1 saturated carbocycles. The van der Waals surface area contributed by atoms with E-state index in [1.807, 2.05) is 23.0 Å². The van der Waals surface area contributed by atoms with Crippen molar-refractivity contribution in [3.05, 3.63) is 35.2 Å². The highest BCUT2D eigenvalue weighted by Gasteiger charge is 2.25. The predicted octanol–water partition coefficient (Wildman–Crippen LogP) is 3.01. The van der Waals surface area contributed by atoms with E-state index in [0.29, 0.717) is 23.3 Å². The first-order chi connectivity index (χ1) is 15.0. The van der Waals surface area contributed by atoms with Gasteiger partial charge in [0.25, 0.3) is 0 Å². The van der Waals surface area contributed by atoms with Crippen LogP contribution in [0.15, 0.2) is 22.9 Å². The molecule has 1 aliphatic carbocycles. The zero-order chi connectivity index (χ0) is 21.4. The molecule has 0 amide bonds. The van der Waals surface area contributed by atoms with Gasteiger partial charge in [0.05, 0.1) is 25.1 Å². The lowest BCUT2D eigenvalue weighted by atomic mass is 9.91. The topological polar surface area (TPSA) is 111 Å². The van der Waals surface area contributed by atoms with E-state index in [2.05, 4.69) is 20.3 Å². The maximum Gasteiger partial charge on any atom is 0.234 e. The summed E-state index contributed by atoms with van der Waals surface area (Å²) in [5.74, 6) is 1.01. The molecule has 1 aromatic carbocycles. The minimum absolute atomic E-state index is 0.112. The number of benzene rings is 1. The van der Waals surface area contributed by atoms with Crippen molar-refractivity contribution >= 4 is 26.8 Å². The average molecular weight is 446 g/mol. The van der Waals surface area contributed by atoms with Crippen LogP contribution in [-0.4, -0.2) is 36.2 Å². The summed E-state index contributed by atoms with van der Waals surface area (Å²) in [6.07, 6.45) is 7.34. The van der Waals surface area contributed by atoms with Crippen molar-refractivity contribution in [3.63, 3.8) is 0 Å². The number of sulfonamides is 1. The molecule has 0 atom stereocenters. The summed E-state index contributed by atoms with van der Waals surface area (Å²) in [6, 6.07) is 3.73. The monoisotopic (exact) mass is 445 g/mol. The molecule has 1 aliphatic heterocycles. The Hall–Kier alpha value is -2.59. The number of nitrogens with zero attached hydrogens (tertiary/aromatic N) is 3. The molecule has 2 aromatic heterocycles. The molecule has 5 rings (SSSR count). The zero-order valence-corrected chi connectivity index (χ0v) is 18.4. The van der Waals surface area contributed by atoms with E-state index in [-0.39, 0.29) is 17.5 Å². The number of hydrogen-bond acceptors (Lipinski definition) is 7. The van der Waals surface area contributed by atoms with Crippen molar-refractivity contribution in [2.75, 3.05) is 17.6 Å². The van der Waals surface area contributed by atoms with Crippen LogP contribution in [0.25, 0.3) is 11.0 Å². The van der Waals surface area contributed by atoms with Crippen LogP contribution in [0.5, 0.6) is 5.75 Å². The Morgan fingerprint density at radius 1 is 1.26 bits per heavy atom. The fourth-order valence-electron chi connectivity index (χ4n) is 4.65. The SMILES string of the molecule is COc1cc(Cn2cc3c(n2)CNC3)cc2onc(NS(=O)(=O)CC3CCCCC3)c12. The van der Waals surface area contributed by atoms with Crippen LogP contribution in [0.1, 0.15) is 48.9 Å². The maximum absolute atomic E-state index is 12.7. The molecule has 31 heavy (non-hydrogen) atoms. The van der Waals surface area contributed by atoms with E-state index in [9.17, 15) is 8.42 Å². The molecule has 3 heterocycles. The summed E-state index contributed by atoms with van der Waals surface area (Å²) in [7, 11) is -1.97. The predicted molar refractivity (Wildman–Crippen MR) is 116 cm³/mol. The first-order valence-corrected chi connectivity index (χ1v) is 12.4. The number of nitrogens with one attached hydrogen (secondary N) is 2. The van der Waals surface area contributed by atoms with E-state index >= 15 is 0 Å². The third kappa shape index (κ3) is 4.27. The minimum atomic E-state index is -3.53. The minimum Gasteiger partial charge on any atom is -0.496 e. The van der Waals surface area contributed by atoms with Gasteiger partial charge in [-0.2, -0.15) is 5.10 Å². The first kappa shape index (κ1) is 20.3. The Kier molecular flexibility index (Phi) is 5.35. The van der Waals surface area contributed by atoms with Crippen molar-refractivity contribution in [3.8, 4) is 5.75 Å². The molecule has 1 fully saturated rings. The molecule has 2 N–H and O–H groups in total. The van der Waals surface area contributed by atoms with Crippen LogP contribution in [0.3, 0.4) is 0 Å². The number of hydrogen-bond donors (Lipinski definition) is 2. The second kappa shape index (κ2) is 8.16. The van der Waals surface area contributed by atoms with Gasteiger partial charge in [0.15, 0.2) is 11.4 Å². The quantitative estimate of drug-likeness (QED) is 0.575. The average Bonchev–Trinajstić information content (AvgIpc) is 3.43. The second-order valence-electron chi connectivity index (χ2n) is 8.49. The molecule has 10 heteroatoms. The Labute approximate surface area is 181 Å². The molecular formula is C21H27N5O4S. The van der Waals surface area contributed by atoms with Crippen LogP contribution in [0, 0.1) is 5.92 Å². The normalized spacial score (nSPS) is 17.2. The zero-order valence-electron chi connectivity index (χ0n) is 17.6. The number of fused-ring (bicyclic) bond motifs is 2. The molecule has 0 spiro atoms. The van der Waals surface area contributed by atoms with Crippen molar-refractivity contribution < 1.29 is 17.7 Å². The summed E-state index contributed by atoms with van der Waals surface area (Å²) in [5.41, 5.74) is 3.70. The largest absolute Gasteiger partial charge is 0.496 e. The summed E-state index contributed by atoms with van der Waals surface area (Å²) in [4.78, 5) is 0. The molecule has 0 saturated heterocycles. The van der Waals surface area contributed by atoms with Crippen LogP contribution in [0.4, 0.5) is 5.82 Å². The van der Waals surface area contributed by atoms with E-state index in [0.717, 1.165) is 50.0 Å². The van der Waals surface area contributed by atoms with Gasteiger partial charge >= 0.3 is 0 Å². The Morgan fingerprint density at radius 2 is 2.10 bits per heavy atom. The number of aromatic nitrogens is 3. The lowest BCUT2D eigenvalue weighted by Gasteiger charge is -2.21. The smallest absolute Gasteiger partial charge is 0.234 e. The van der Waals surface area contributed by atoms with Crippen molar-refractivity contribution in [2.24, 2.45) is 5.92 Å². The Bertz CT molecular complexity index is 1170. The maximum atomic E-state index is 12.7. The highest BCUT2D eigenvalue weighted by atomic mass is 32.2. The van der Waals surface area contributed by atoms with Gasteiger partial charge in [-0.25, -0.2) is 8.42 Å². The Morgan fingerprint density at radius 3 is 2.87 bits per heavy atom. The fourth-order valence-corrected chi connectivity index (χ4v) is 6.12. The van der Waals surface area contributed by atoms with Crippen LogP contribution in [0.2, 0.25) is 0 Å². The summed E-state index contributed by atoms with van der Waals surface area (Å²) in [5, 5.41) is 12.4. The standard InChI is InChI=1S/C21H27N5O4S/c1-29-18-7-15(11-26-12-16-9-22-10-17(16)23-26)8-19-20(18)21(24-30-19)25-31(27,28)13-14-5-3-2-4-6-14/h7-8,12,14,22H,2-6,9-11,13H2,1H3,(H,24,25). The molecule has 2 aliphatic rings. The van der Waals surface area contributed by atoms with Crippen LogP contribution in [-0.2, 0) is 29.7 Å². The van der Waals surface area contributed by atoms with Crippen molar-refractivity contribution in [1.29, 1.82) is 0 Å². The molecule has 0 radical (unpaired) electrons. The van der Waals surface area contributed by atoms with Gasteiger partial charge in [-0.05, 0) is 36.5 Å². The van der Waals surface area contributed by atoms with Gasteiger partial charge < -0.3 is 14.6 Å². The first-order valence-electron chi connectivity index (χ1n) is 10.7. The van der Waals surface area contributed by atoms with Gasteiger partial charge in [-0.15, -0.1) is 0 Å². The third-order valence-electron chi connectivity index (χ3n) is 6.13. The molecule has 0 unspecified atom stereocenters. The second-order valence-corrected chi connectivity index (χ2v) is 10.3. The van der Waals surface area contributed by atoms with Gasteiger partial charge in [-0.3, -0.25) is 9.40 Å². The van der Waals surface area contributed by atoms with Gasteiger partial charge in [0.2, 0.25) is 10.0 Å². The van der Waals surface area contributed by atoms with Crippen molar-refractivity contribution in [1.82, 2.24) is 20.3 Å². The number of ether oxygens (including phenoxy) is 1.